The first-order chi connectivity index (χ1) is 12.1. The summed E-state index contributed by atoms with van der Waals surface area (Å²) in [6, 6.07) is 14.2. The third-order valence-corrected chi connectivity index (χ3v) is 4.09. The van der Waals surface area contributed by atoms with E-state index in [9.17, 15) is 9.90 Å². The number of benzene rings is 2. The number of hydrogen-bond acceptors (Lipinski definition) is 5. The number of aromatic nitrogens is 1. The second-order valence-corrected chi connectivity index (χ2v) is 5.86. The van der Waals surface area contributed by atoms with Crippen molar-refractivity contribution in [3.05, 3.63) is 59.7 Å². The van der Waals surface area contributed by atoms with Crippen molar-refractivity contribution in [2.24, 2.45) is 16.0 Å². The number of cyclic esters (lactones) is 1. The van der Waals surface area contributed by atoms with Crippen LogP contribution in [0.15, 0.2) is 58.8 Å². The van der Waals surface area contributed by atoms with Crippen LogP contribution in [-0.2, 0) is 4.74 Å². The van der Waals surface area contributed by atoms with Crippen molar-refractivity contribution < 1.29 is 14.6 Å². The van der Waals surface area contributed by atoms with Crippen LogP contribution in [0.25, 0.3) is 10.9 Å². The van der Waals surface area contributed by atoms with E-state index in [0.717, 1.165) is 0 Å². The van der Waals surface area contributed by atoms with Crippen LogP contribution >= 0.6 is 12.2 Å². The van der Waals surface area contributed by atoms with Crippen LogP contribution in [0.1, 0.15) is 22.1 Å². The van der Waals surface area contributed by atoms with Crippen molar-refractivity contribution in [3.63, 3.8) is 0 Å². The zero-order chi connectivity index (χ0) is 17.6. The smallest absolute Gasteiger partial charge is 0.340 e. The Hall–Kier alpha value is -3.26. The number of para-hydroxylation sites is 1. The van der Waals surface area contributed by atoms with Crippen LogP contribution in [0.3, 0.4) is 0 Å². The maximum absolute atomic E-state index is 12.1. The Bertz CT molecular complexity index is 1060. The van der Waals surface area contributed by atoms with Crippen molar-refractivity contribution in [2.45, 2.75) is 6.23 Å². The van der Waals surface area contributed by atoms with E-state index in [0.29, 0.717) is 22.0 Å². The summed E-state index contributed by atoms with van der Waals surface area (Å²) in [5.41, 5.74) is 7.35. The lowest BCUT2D eigenvalue weighted by Gasteiger charge is -2.15. The van der Waals surface area contributed by atoms with Crippen LogP contribution in [0.4, 0.5) is 5.69 Å². The van der Waals surface area contributed by atoms with Gasteiger partial charge in [0.15, 0.2) is 5.69 Å². The maximum atomic E-state index is 12.1. The van der Waals surface area contributed by atoms with E-state index in [1.807, 2.05) is 12.1 Å². The standard InChI is InChI=1S/C17H12N4O3S/c18-17(25)20-19-13-11-7-3-4-8-12(11)21(14(13)22)15-9-5-1-2-6-10(9)16(23)24-15/h1-8,15,22H,(H2,18,25)/t15-/m1/s1. The largest absolute Gasteiger partial charge is 0.493 e. The van der Waals surface area contributed by atoms with Gasteiger partial charge >= 0.3 is 5.97 Å². The first kappa shape index (κ1) is 15.3. The van der Waals surface area contributed by atoms with Gasteiger partial charge in [0.25, 0.3) is 0 Å². The number of aromatic hydroxyl groups is 1. The number of rotatable bonds is 2. The van der Waals surface area contributed by atoms with Gasteiger partial charge in [0, 0.05) is 10.9 Å². The second kappa shape index (κ2) is 5.67. The molecule has 0 bridgehead atoms. The minimum Gasteiger partial charge on any atom is -0.493 e. The molecule has 8 heteroatoms. The lowest BCUT2D eigenvalue weighted by atomic mass is 10.1. The van der Waals surface area contributed by atoms with Crippen molar-refractivity contribution in [2.75, 3.05) is 0 Å². The quantitative estimate of drug-likeness (QED) is 0.418. The highest BCUT2D eigenvalue weighted by Gasteiger charge is 2.35. The highest BCUT2D eigenvalue weighted by atomic mass is 32.1. The second-order valence-electron chi connectivity index (χ2n) is 5.44. The third kappa shape index (κ3) is 2.34. The summed E-state index contributed by atoms with van der Waals surface area (Å²) in [7, 11) is 0. The third-order valence-electron chi connectivity index (χ3n) is 4.01. The van der Waals surface area contributed by atoms with E-state index < -0.39 is 12.2 Å². The predicted octanol–water partition coefficient (Wildman–Crippen LogP) is 3.39. The molecular weight excluding hydrogens is 340 g/mol. The zero-order valence-electron chi connectivity index (χ0n) is 12.8. The molecule has 0 fully saturated rings. The molecule has 0 amide bonds. The number of carbonyl (C=O) groups is 1. The summed E-state index contributed by atoms with van der Waals surface area (Å²) in [6.07, 6.45) is -0.789. The average molecular weight is 352 g/mol. The molecule has 0 spiro atoms. The van der Waals surface area contributed by atoms with Gasteiger partial charge in [-0.05, 0) is 24.4 Å². The molecule has 2 heterocycles. The fourth-order valence-corrected chi connectivity index (χ4v) is 3.03. The van der Waals surface area contributed by atoms with E-state index >= 15 is 0 Å². The highest BCUT2D eigenvalue weighted by Crippen LogP contribution is 2.44. The minimum atomic E-state index is -0.789. The Morgan fingerprint density at radius 3 is 2.72 bits per heavy atom. The summed E-state index contributed by atoms with van der Waals surface area (Å²) in [4.78, 5) is 12.1. The topological polar surface area (TPSA) is 102 Å². The summed E-state index contributed by atoms with van der Waals surface area (Å²) in [5.74, 6) is -0.625. The molecule has 1 aromatic heterocycles. The lowest BCUT2D eigenvalue weighted by molar-refractivity contribution is 0.0318. The Morgan fingerprint density at radius 2 is 1.92 bits per heavy atom. The summed E-state index contributed by atoms with van der Waals surface area (Å²) < 4.78 is 6.99. The fourth-order valence-electron chi connectivity index (χ4n) is 2.99. The van der Waals surface area contributed by atoms with Crippen LogP contribution in [0.2, 0.25) is 0 Å². The molecule has 4 rings (SSSR count). The Kier molecular flexibility index (Phi) is 3.47. The first-order valence-electron chi connectivity index (χ1n) is 7.41. The molecule has 7 nitrogen and oxygen atoms in total. The molecule has 25 heavy (non-hydrogen) atoms. The van der Waals surface area contributed by atoms with E-state index in [2.05, 4.69) is 10.2 Å². The van der Waals surface area contributed by atoms with Crippen LogP contribution in [0, 0.1) is 0 Å². The van der Waals surface area contributed by atoms with Gasteiger partial charge in [0.1, 0.15) is 0 Å². The van der Waals surface area contributed by atoms with Gasteiger partial charge in [0.05, 0.1) is 11.1 Å². The fraction of sp³-hybridized carbons (Fsp3) is 0.0588. The Balaban J connectivity index is 1.96. The number of azo groups is 1. The van der Waals surface area contributed by atoms with Gasteiger partial charge in [-0.15, -0.1) is 10.2 Å². The lowest BCUT2D eigenvalue weighted by Crippen LogP contribution is -2.09. The number of nitrogens with zero attached hydrogens (tertiary/aromatic N) is 3. The predicted molar refractivity (Wildman–Crippen MR) is 94.9 cm³/mol. The number of hydrogen-bond donors (Lipinski definition) is 2. The molecule has 2 aromatic carbocycles. The van der Waals surface area contributed by atoms with Crippen molar-refractivity contribution in [1.82, 2.24) is 4.57 Å². The molecular formula is C17H12N4O3S. The molecule has 0 saturated heterocycles. The Labute approximate surface area is 147 Å². The first-order valence-corrected chi connectivity index (χ1v) is 7.81. The molecule has 0 saturated carbocycles. The molecule has 3 aromatic rings. The van der Waals surface area contributed by atoms with Gasteiger partial charge in [-0.3, -0.25) is 4.57 Å². The summed E-state index contributed by atoms with van der Waals surface area (Å²) in [5, 5.41) is 18.8. The number of ether oxygens (including phenoxy) is 1. The number of fused-ring (bicyclic) bond motifs is 2. The molecule has 124 valence electrons. The number of carbonyl (C=O) groups excluding carboxylic acids is 1. The summed E-state index contributed by atoms with van der Waals surface area (Å²) >= 11 is 4.70. The highest BCUT2D eigenvalue weighted by molar-refractivity contribution is 7.80. The summed E-state index contributed by atoms with van der Waals surface area (Å²) in [6.45, 7) is 0. The van der Waals surface area contributed by atoms with Crippen LogP contribution < -0.4 is 5.73 Å². The van der Waals surface area contributed by atoms with Crippen molar-refractivity contribution in [3.8, 4) is 5.88 Å². The van der Waals surface area contributed by atoms with Gasteiger partial charge in [-0.25, -0.2) is 4.79 Å². The maximum Gasteiger partial charge on any atom is 0.340 e. The van der Waals surface area contributed by atoms with Crippen molar-refractivity contribution >= 4 is 39.9 Å². The van der Waals surface area contributed by atoms with Gasteiger partial charge < -0.3 is 15.6 Å². The van der Waals surface area contributed by atoms with Crippen LogP contribution in [0.5, 0.6) is 5.88 Å². The van der Waals surface area contributed by atoms with Crippen molar-refractivity contribution in [1.29, 1.82) is 0 Å². The minimum absolute atomic E-state index is 0.145. The van der Waals surface area contributed by atoms with E-state index in [1.54, 1.807) is 36.4 Å². The van der Waals surface area contributed by atoms with E-state index in [1.165, 1.54) is 4.57 Å². The molecule has 1 atom stereocenters. The molecule has 3 N–H and O–H groups in total. The molecule has 1 aliphatic rings. The zero-order valence-corrected chi connectivity index (χ0v) is 13.6. The number of thiocarbonyl (C=S) groups is 1. The van der Waals surface area contributed by atoms with Gasteiger partial charge in [-0.2, -0.15) is 0 Å². The monoisotopic (exact) mass is 352 g/mol. The molecule has 0 unspecified atom stereocenters. The Morgan fingerprint density at radius 1 is 1.20 bits per heavy atom. The SMILES string of the molecule is NC(=S)N=Nc1c(O)n([C@@H]2OC(=O)c3ccccc32)c2ccccc12. The van der Waals surface area contributed by atoms with Gasteiger partial charge in [0.2, 0.25) is 17.2 Å². The molecule has 1 aliphatic heterocycles. The number of nitrogens with two attached hydrogens (primary N) is 1. The average Bonchev–Trinajstić information content (AvgIpc) is 3.07. The van der Waals surface area contributed by atoms with E-state index in [4.69, 9.17) is 22.7 Å². The molecule has 0 radical (unpaired) electrons. The van der Waals surface area contributed by atoms with Crippen LogP contribution in [-0.4, -0.2) is 20.8 Å². The molecule has 0 aliphatic carbocycles. The number of esters is 1. The van der Waals surface area contributed by atoms with Gasteiger partial charge in [-0.1, -0.05) is 36.4 Å². The normalized spacial score (nSPS) is 16.3. The van der Waals surface area contributed by atoms with E-state index in [-0.39, 0.29) is 16.7 Å².